The van der Waals surface area contributed by atoms with Gasteiger partial charge >= 0.3 is 0 Å². The van der Waals surface area contributed by atoms with Crippen molar-refractivity contribution in [2.24, 2.45) is 4.99 Å². The number of hydrogen-bond acceptors (Lipinski definition) is 4. The van der Waals surface area contributed by atoms with E-state index < -0.39 is 0 Å². The van der Waals surface area contributed by atoms with Crippen molar-refractivity contribution in [3.05, 3.63) is 21.9 Å². The maximum Gasteiger partial charge on any atom is 0.244 e. The smallest absolute Gasteiger partial charge is 0.244 e. The van der Waals surface area contributed by atoms with E-state index in [0.29, 0.717) is 19.0 Å². The number of likely N-dealkylation sites (N-methyl/N-ethyl adjacent to an activating group) is 1. The number of aliphatic imine (C=N–C) groups is 1. The van der Waals surface area contributed by atoms with Gasteiger partial charge in [-0.1, -0.05) is 0 Å². The maximum atomic E-state index is 12.4. The van der Waals surface area contributed by atoms with Gasteiger partial charge in [0.1, 0.15) is 6.54 Å². The molecule has 25 heavy (non-hydrogen) atoms. The third-order valence-electron chi connectivity index (χ3n) is 3.78. The SMILES string of the molecule is CCNC(=NCC(=O)N1CCc2sccc2C1)NCC(=O)N(C)C.I. The van der Waals surface area contributed by atoms with Crippen LogP contribution in [0.3, 0.4) is 0 Å². The topological polar surface area (TPSA) is 77.0 Å². The van der Waals surface area contributed by atoms with Crippen LogP contribution >= 0.6 is 35.3 Å². The molecule has 0 saturated carbocycles. The van der Waals surface area contributed by atoms with Crippen LogP contribution in [0.1, 0.15) is 17.4 Å². The predicted molar refractivity (Wildman–Crippen MR) is 112 cm³/mol. The molecule has 1 aromatic rings. The zero-order chi connectivity index (χ0) is 17.5. The molecule has 0 aliphatic carbocycles. The molecular weight excluding hydrogens is 453 g/mol. The Kier molecular flexibility index (Phi) is 9.19. The van der Waals surface area contributed by atoms with Crippen molar-refractivity contribution in [1.82, 2.24) is 20.4 Å². The van der Waals surface area contributed by atoms with E-state index >= 15 is 0 Å². The summed E-state index contributed by atoms with van der Waals surface area (Å²) in [6.07, 6.45) is 0.915. The first-order valence-electron chi connectivity index (χ1n) is 8.06. The fourth-order valence-electron chi connectivity index (χ4n) is 2.37. The fraction of sp³-hybridized carbons (Fsp3) is 0.562. The summed E-state index contributed by atoms with van der Waals surface area (Å²) in [6, 6.07) is 2.08. The lowest BCUT2D eigenvalue weighted by atomic mass is 10.1. The molecule has 2 amide bonds. The molecule has 140 valence electrons. The van der Waals surface area contributed by atoms with Crippen LogP contribution in [-0.4, -0.2) is 67.8 Å². The van der Waals surface area contributed by atoms with Gasteiger partial charge in [0.2, 0.25) is 11.8 Å². The summed E-state index contributed by atoms with van der Waals surface area (Å²) >= 11 is 1.75. The van der Waals surface area contributed by atoms with Crippen molar-refractivity contribution in [1.29, 1.82) is 0 Å². The normalized spacial score (nSPS) is 13.6. The quantitative estimate of drug-likeness (QED) is 0.374. The Bertz CT molecular complexity index is 617. The second-order valence-corrected chi connectivity index (χ2v) is 6.77. The van der Waals surface area contributed by atoms with Crippen molar-refractivity contribution in [2.75, 3.05) is 40.3 Å². The van der Waals surface area contributed by atoms with Crippen LogP contribution in [0.4, 0.5) is 0 Å². The molecule has 9 heteroatoms. The summed E-state index contributed by atoms with van der Waals surface area (Å²) in [4.78, 5) is 33.0. The van der Waals surface area contributed by atoms with Gasteiger partial charge in [0, 0.05) is 38.6 Å². The molecule has 0 saturated heterocycles. The number of nitrogens with one attached hydrogen (secondary N) is 2. The van der Waals surface area contributed by atoms with E-state index in [1.165, 1.54) is 15.3 Å². The largest absolute Gasteiger partial charge is 0.357 e. The van der Waals surface area contributed by atoms with Gasteiger partial charge in [-0.05, 0) is 30.4 Å². The van der Waals surface area contributed by atoms with Crippen molar-refractivity contribution < 1.29 is 9.59 Å². The molecule has 0 atom stereocenters. The van der Waals surface area contributed by atoms with Gasteiger partial charge in [0.15, 0.2) is 5.96 Å². The standard InChI is InChI=1S/C16H25N5O2S.HI/c1-4-17-16(18-9-14(22)20(2)3)19-10-15(23)21-7-5-13-12(11-21)6-8-24-13;/h6,8H,4-5,7,9-11H2,1-3H3,(H2,17,18,19);1H. The maximum absolute atomic E-state index is 12.4. The number of halogens is 1. The lowest BCUT2D eigenvalue weighted by molar-refractivity contribution is -0.130. The van der Waals surface area contributed by atoms with Gasteiger partial charge in [-0.15, -0.1) is 35.3 Å². The van der Waals surface area contributed by atoms with E-state index in [9.17, 15) is 9.59 Å². The summed E-state index contributed by atoms with van der Waals surface area (Å²) in [6.45, 7) is 4.23. The minimum Gasteiger partial charge on any atom is -0.357 e. The first-order valence-corrected chi connectivity index (χ1v) is 8.94. The molecular formula is C16H26IN5O2S. The van der Waals surface area contributed by atoms with E-state index in [4.69, 9.17) is 0 Å². The highest BCUT2D eigenvalue weighted by Gasteiger charge is 2.21. The second-order valence-electron chi connectivity index (χ2n) is 5.77. The number of fused-ring (bicyclic) bond motifs is 1. The number of hydrogen-bond donors (Lipinski definition) is 2. The molecule has 1 aliphatic heterocycles. The van der Waals surface area contributed by atoms with Crippen molar-refractivity contribution in [2.45, 2.75) is 19.9 Å². The number of amides is 2. The van der Waals surface area contributed by atoms with Crippen LogP contribution in [0, 0.1) is 0 Å². The van der Waals surface area contributed by atoms with Gasteiger partial charge in [-0.25, -0.2) is 4.99 Å². The Balaban J connectivity index is 0.00000312. The van der Waals surface area contributed by atoms with Crippen molar-refractivity contribution in [3.8, 4) is 0 Å². The highest BCUT2D eigenvalue weighted by molar-refractivity contribution is 14.0. The lowest BCUT2D eigenvalue weighted by Crippen LogP contribution is -2.44. The number of carbonyl (C=O) groups is 2. The van der Waals surface area contributed by atoms with E-state index in [-0.39, 0.29) is 48.9 Å². The Labute approximate surface area is 169 Å². The molecule has 0 fully saturated rings. The van der Waals surface area contributed by atoms with Crippen LogP contribution in [0.2, 0.25) is 0 Å². The molecule has 1 aliphatic rings. The monoisotopic (exact) mass is 479 g/mol. The van der Waals surface area contributed by atoms with Crippen LogP contribution in [0.15, 0.2) is 16.4 Å². The minimum absolute atomic E-state index is 0. The summed E-state index contributed by atoms with van der Waals surface area (Å²) in [5.41, 5.74) is 1.24. The minimum atomic E-state index is -0.0482. The van der Waals surface area contributed by atoms with Crippen molar-refractivity contribution in [3.63, 3.8) is 0 Å². The molecule has 1 aromatic heterocycles. The zero-order valence-electron chi connectivity index (χ0n) is 14.9. The second kappa shape index (κ2) is 10.6. The van der Waals surface area contributed by atoms with Crippen molar-refractivity contribution >= 4 is 53.1 Å². The summed E-state index contributed by atoms with van der Waals surface area (Å²) < 4.78 is 0. The first kappa shape index (κ1) is 21.7. The molecule has 2 rings (SSSR count). The van der Waals surface area contributed by atoms with E-state index in [0.717, 1.165) is 13.0 Å². The number of thiophene rings is 1. The number of carbonyl (C=O) groups excluding carboxylic acids is 2. The Morgan fingerprint density at radius 2 is 2.12 bits per heavy atom. The fourth-order valence-corrected chi connectivity index (χ4v) is 3.26. The molecule has 2 N–H and O–H groups in total. The summed E-state index contributed by atoms with van der Waals surface area (Å²) in [5.74, 6) is 0.435. The summed E-state index contributed by atoms with van der Waals surface area (Å²) in [7, 11) is 3.40. The van der Waals surface area contributed by atoms with Crippen LogP contribution in [0.5, 0.6) is 0 Å². The zero-order valence-corrected chi connectivity index (χ0v) is 18.0. The number of nitrogens with zero attached hydrogens (tertiary/aromatic N) is 3. The van der Waals surface area contributed by atoms with Gasteiger partial charge in [0.25, 0.3) is 0 Å². The lowest BCUT2D eigenvalue weighted by Gasteiger charge is -2.26. The van der Waals surface area contributed by atoms with Crippen LogP contribution in [-0.2, 0) is 22.6 Å². The Morgan fingerprint density at radius 1 is 1.36 bits per heavy atom. The molecule has 0 aromatic carbocycles. The van der Waals surface area contributed by atoms with E-state index in [1.807, 2.05) is 11.8 Å². The average molecular weight is 479 g/mol. The van der Waals surface area contributed by atoms with Gasteiger partial charge in [-0.2, -0.15) is 0 Å². The highest BCUT2D eigenvalue weighted by Crippen LogP contribution is 2.23. The first-order chi connectivity index (χ1) is 11.5. The molecule has 0 spiro atoms. The molecule has 2 heterocycles. The van der Waals surface area contributed by atoms with Gasteiger partial charge < -0.3 is 20.4 Å². The van der Waals surface area contributed by atoms with Gasteiger partial charge in [-0.3, -0.25) is 9.59 Å². The third-order valence-corrected chi connectivity index (χ3v) is 4.81. The number of rotatable bonds is 5. The van der Waals surface area contributed by atoms with Crippen LogP contribution < -0.4 is 10.6 Å². The molecule has 0 unspecified atom stereocenters. The third kappa shape index (κ3) is 6.46. The van der Waals surface area contributed by atoms with Gasteiger partial charge in [0.05, 0.1) is 6.54 Å². The molecule has 0 bridgehead atoms. The van der Waals surface area contributed by atoms with Crippen LogP contribution in [0.25, 0.3) is 0 Å². The predicted octanol–water partition coefficient (Wildman–Crippen LogP) is 0.894. The number of guanidine groups is 1. The van der Waals surface area contributed by atoms with E-state index in [1.54, 1.807) is 25.4 Å². The van der Waals surface area contributed by atoms with E-state index in [2.05, 4.69) is 27.1 Å². The average Bonchev–Trinajstić information content (AvgIpc) is 3.04. The summed E-state index contributed by atoms with van der Waals surface area (Å²) in [5, 5.41) is 8.07. The Hall–Kier alpha value is -1.36. The molecule has 7 nitrogen and oxygen atoms in total. The Morgan fingerprint density at radius 3 is 2.80 bits per heavy atom. The highest BCUT2D eigenvalue weighted by atomic mass is 127. The molecule has 0 radical (unpaired) electrons.